The molecule has 96 valence electrons. The van der Waals surface area contributed by atoms with Crippen LogP contribution in [0.1, 0.15) is 11.1 Å². The molecule has 0 saturated heterocycles. The molecule has 0 N–H and O–H groups in total. The topological polar surface area (TPSA) is 4.93 Å². The van der Waals surface area contributed by atoms with Crippen LogP contribution in [-0.4, -0.2) is 4.57 Å². The van der Waals surface area contributed by atoms with Gasteiger partial charge in [-0.05, 0) is 48.2 Å². The Balaban J connectivity index is 2.05. The number of rotatable bonds is 2. The number of aryl methyl sites for hydroxylation is 1. The molecule has 2 aromatic carbocycles. The van der Waals surface area contributed by atoms with E-state index in [0.717, 1.165) is 9.99 Å². The lowest BCUT2D eigenvalue weighted by Gasteiger charge is -2.08. The van der Waals surface area contributed by atoms with Crippen molar-refractivity contribution >= 4 is 26.8 Å². The van der Waals surface area contributed by atoms with Crippen LogP contribution < -0.4 is 0 Å². The zero-order valence-electron chi connectivity index (χ0n) is 10.5. The Morgan fingerprint density at radius 3 is 2.79 bits per heavy atom. The highest BCUT2D eigenvalue weighted by Gasteiger charge is 2.06. The van der Waals surface area contributed by atoms with Crippen molar-refractivity contribution in [2.75, 3.05) is 0 Å². The molecule has 1 aromatic heterocycles. The largest absolute Gasteiger partial charge is 0.343 e. The second-order valence-electron chi connectivity index (χ2n) is 4.74. The molecule has 0 saturated carbocycles. The molecule has 0 atom stereocenters. The average Bonchev–Trinajstić information content (AvgIpc) is 2.77. The third kappa shape index (κ3) is 2.43. The normalized spacial score (nSPS) is 11.1. The Kier molecular flexibility index (Phi) is 3.15. The minimum Gasteiger partial charge on any atom is -0.343 e. The van der Waals surface area contributed by atoms with E-state index in [4.69, 9.17) is 0 Å². The number of aromatic nitrogens is 1. The maximum absolute atomic E-state index is 13.8. The number of hydrogen-bond acceptors (Lipinski definition) is 0. The highest BCUT2D eigenvalue weighted by Crippen LogP contribution is 2.21. The van der Waals surface area contributed by atoms with E-state index < -0.39 is 0 Å². The second-order valence-corrected chi connectivity index (χ2v) is 5.66. The predicted molar refractivity (Wildman–Crippen MR) is 79.9 cm³/mol. The van der Waals surface area contributed by atoms with Gasteiger partial charge in [-0.1, -0.05) is 28.1 Å². The van der Waals surface area contributed by atoms with Gasteiger partial charge in [0.1, 0.15) is 5.82 Å². The molecule has 0 aliphatic heterocycles. The van der Waals surface area contributed by atoms with Crippen LogP contribution in [0.15, 0.2) is 53.1 Å². The first-order valence-corrected chi connectivity index (χ1v) is 6.92. The van der Waals surface area contributed by atoms with Crippen molar-refractivity contribution in [3.63, 3.8) is 0 Å². The van der Waals surface area contributed by atoms with Crippen molar-refractivity contribution in [1.29, 1.82) is 0 Å². The zero-order chi connectivity index (χ0) is 13.4. The Morgan fingerprint density at radius 2 is 1.95 bits per heavy atom. The van der Waals surface area contributed by atoms with Gasteiger partial charge in [0.2, 0.25) is 0 Å². The molecular weight excluding hydrogens is 305 g/mol. The fourth-order valence-corrected chi connectivity index (χ4v) is 2.69. The van der Waals surface area contributed by atoms with E-state index in [-0.39, 0.29) is 5.82 Å². The maximum atomic E-state index is 13.8. The van der Waals surface area contributed by atoms with Crippen LogP contribution in [-0.2, 0) is 6.54 Å². The summed E-state index contributed by atoms with van der Waals surface area (Å²) in [6.07, 6.45) is 2.00. The summed E-state index contributed by atoms with van der Waals surface area (Å²) in [4.78, 5) is 0. The van der Waals surface area contributed by atoms with Gasteiger partial charge in [0.15, 0.2) is 0 Å². The lowest BCUT2D eigenvalue weighted by molar-refractivity contribution is 0.601. The standard InChI is InChI=1S/C16H13BrFN/c1-11-2-3-12-6-7-19(16(12)8-11)10-13-9-14(17)4-5-15(13)18/h2-9H,10H2,1H3. The Hall–Kier alpha value is -1.61. The molecule has 3 rings (SSSR count). The highest BCUT2D eigenvalue weighted by molar-refractivity contribution is 9.10. The van der Waals surface area contributed by atoms with Gasteiger partial charge in [0, 0.05) is 21.7 Å². The van der Waals surface area contributed by atoms with Crippen molar-refractivity contribution in [2.45, 2.75) is 13.5 Å². The predicted octanol–water partition coefficient (Wildman–Crippen LogP) is 4.90. The first-order chi connectivity index (χ1) is 9.13. The molecule has 0 fully saturated rings. The highest BCUT2D eigenvalue weighted by atomic mass is 79.9. The third-order valence-corrected chi connectivity index (χ3v) is 3.77. The van der Waals surface area contributed by atoms with Crippen LogP contribution in [0.25, 0.3) is 10.9 Å². The summed E-state index contributed by atoms with van der Waals surface area (Å²) in [6.45, 7) is 2.61. The first-order valence-electron chi connectivity index (χ1n) is 6.13. The smallest absolute Gasteiger partial charge is 0.128 e. The quantitative estimate of drug-likeness (QED) is 0.633. The molecule has 0 spiro atoms. The number of hydrogen-bond donors (Lipinski definition) is 0. The van der Waals surface area contributed by atoms with Crippen molar-refractivity contribution in [3.8, 4) is 0 Å². The van der Waals surface area contributed by atoms with E-state index in [2.05, 4.69) is 51.7 Å². The summed E-state index contributed by atoms with van der Waals surface area (Å²) < 4.78 is 16.8. The van der Waals surface area contributed by atoms with Crippen molar-refractivity contribution < 1.29 is 4.39 Å². The summed E-state index contributed by atoms with van der Waals surface area (Å²) in [7, 11) is 0. The molecule has 0 unspecified atom stereocenters. The average molecular weight is 318 g/mol. The SMILES string of the molecule is Cc1ccc2ccn(Cc3cc(Br)ccc3F)c2c1. The van der Waals surface area contributed by atoms with Crippen molar-refractivity contribution in [2.24, 2.45) is 0 Å². The van der Waals surface area contributed by atoms with Crippen molar-refractivity contribution in [3.05, 3.63) is 70.1 Å². The maximum Gasteiger partial charge on any atom is 0.128 e. The van der Waals surface area contributed by atoms with Gasteiger partial charge in [0.25, 0.3) is 0 Å². The molecule has 1 heterocycles. The van der Waals surface area contributed by atoms with Gasteiger partial charge in [-0.3, -0.25) is 0 Å². The number of fused-ring (bicyclic) bond motifs is 1. The van der Waals surface area contributed by atoms with Crippen LogP contribution >= 0.6 is 15.9 Å². The van der Waals surface area contributed by atoms with Gasteiger partial charge >= 0.3 is 0 Å². The summed E-state index contributed by atoms with van der Waals surface area (Å²) >= 11 is 3.39. The zero-order valence-corrected chi connectivity index (χ0v) is 12.1. The molecule has 3 aromatic rings. The van der Waals surface area contributed by atoms with Crippen LogP contribution in [0.4, 0.5) is 4.39 Å². The summed E-state index contributed by atoms with van der Waals surface area (Å²) in [5, 5.41) is 1.18. The van der Waals surface area contributed by atoms with Gasteiger partial charge in [-0.2, -0.15) is 0 Å². The van der Waals surface area contributed by atoms with Crippen molar-refractivity contribution in [1.82, 2.24) is 4.57 Å². The van der Waals surface area contributed by atoms with E-state index >= 15 is 0 Å². The second kappa shape index (κ2) is 4.82. The number of halogens is 2. The first kappa shape index (κ1) is 12.4. The van der Waals surface area contributed by atoms with Crippen LogP contribution in [0.2, 0.25) is 0 Å². The molecule has 0 aliphatic carbocycles. The Bertz CT molecular complexity index is 746. The van der Waals surface area contributed by atoms with Gasteiger partial charge in [-0.15, -0.1) is 0 Å². The monoisotopic (exact) mass is 317 g/mol. The number of nitrogens with zero attached hydrogens (tertiary/aromatic N) is 1. The molecule has 1 nitrogen and oxygen atoms in total. The lowest BCUT2D eigenvalue weighted by Crippen LogP contribution is -2.00. The number of benzene rings is 2. The van der Waals surface area contributed by atoms with Gasteiger partial charge in [-0.25, -0.2) is 4.39 Å². The molecule has 0 bridgehead atoms. The molecule has 19 heavy (non-hydrogen) atoms. The lowest BCUT2D eigenvalue weighted by atomic mass is 10.2. The minimum atomic E-state index is -0.169. The van der Waals surface area contributed by atoms with Crippen LogP contribution in [0.5, 0.6) is 0 Å². The summed E-state index contributed by atoms with van der Waals surface area (Å²) in [6, 6.07) is 13.4. The van der Waals surface area contributed by atoms with E-state index in [1.54, 1.807) is 6.07 Å². The molecule has 0 amide bonds. The third-order valence-electron chi connectivity index (χ3n) is 3.28. The fourth-order valence-electron chi connectivity index (χ4n) is 2.28. The summed E-state index contributed by atoms with van der Waals surface area (Å²) in [5.74, 6) is -0.169. The van der Waals surface area contributed by atoms with Gasteiger partial charge < -0.3 is 4.57 Å². The van der Waals surface area contributed by atoms with Crippen LogP contribution in [0, 0.1) is 12.7 Å². The molecule has 0 aliphatic rings. The molecular formula is C16H13BrFN. The summed E-state index contributed by atoms with van der Waals surface area (Å²) in [5.41, 5.74) is 3.04. The molecule has 3 heteroatoms. The Labute approximate surface area is 119 Å². The van der Waals surface area contributed by atoms with E-state index in [1.165, 1.54) is 17.0 Å². The van der Waals surface area contributed by atoms with E-state index in [1.807, 2.05) is 12.3 Å². The van der Waals surface area contributed by atoms with Gasteiger partial charge in [0.05, 0.1) is 6.54 Å². The Morgan fingerprint density at radius 1 is 1.11 bits per heavy atom. The van der Waals surface area contributed by atoms with Crippen LogP contribution in [0.3, 0.4) is 0 Å². The minimum absolute atomic E-state index is 0.169. The van der Waals surface area contributed by atoms with E-state index in [9.17, 15) is 4.39 Å². The fraction of sp³-hybridized carbons (Fsp3) is 0.125. The molecule has 0 radical (unpaired) electrons. The van der Waals surface area contributed by atoms with E-state index in [0.29, 0.717) is 12.1 Å².